The SMILES string of the molecule is CC(C)(C)OC(=O)N1CC[C@H](NC(=O)Oc2ccccc2)C1. The van der Waals surface area contributed by atoms with Crippen molar-refractivity contribution in [3.63, 3.8) is 0 Å². The highest BCUT2D eigenvalue weighted by atomic mass is 16.6. The number of amides is 2. The molecule has 1 aromatic carbocycles. The maximum atomic E-state index is 11.9. The maximum Gasteiger partial charge on any atom is 0.412 e. The number of hydrogen-bond donors (Lipinski definition) is 1. The maximum absolute atomic E-state index is 11.9. The summed E-state index contributed by atoms with van der Waals surface area (Å²) in [5, 5.41) is 2.76. The summed E-state index contributed by atoms with van der Waals surface area (Å²) in [6.07, 6.45) is -0.182. The molecule has 1 aliphatic heterocycles. The second kappa shape index (κ2) is 6.68. The largest absolute Gasteiger partial charge is 0.444 e. The van der Waals surface area contributed by atoms with Gasteiger partial charge in [-0.15, -0.1) is 0 Å². The van der Waals surface area contributed by atoms with Crippen LogP contribution in [0.3, 0.4) is 0 Å². The zero-order valence-corrected chi connectivity index (χ0v) is 13.2. The molecule has 0 bridgehead atoms. The lowest BCUT2D eigenvalue weighted by Crippen LogP contribution is -2.41. The number of ether oxygens (including phenoxy) is 2. The van der Waals surface area contributed by atoms with Gasteiger partial charge in [-0.25, -0.2) is 9.59 Å². The van der Waals surface area contributed by atoms with Crippen molar-refractivity contribution in [3.8, 4) is 5.75 Å². The second-order valence-corrected chi connectivity index (χ2v) is 6.26. The molecule has 6 nitrogen and oxygen atoms in total. The van der Waals surface area contributed by atoms with Crippen molar-refractivity contribution < 1.29 is 19.1 Å². The molecular weight excluding hydrogens is 284 g/mol. The van der Waals surface area contributed by atoms with Crippen LogP contribution in [-0.4, -0.2) is 41.8 Å². The first-order chi connectivity index (χ1) is 10.3. The van der Waals surface area contributed by atoms with E-state index in [9.17, 15) is 9.59 Å². The van der Waals surface area contributed by atoms with Crippen LogP contribution >= 0.6 is 0 Å². The summed E-state index contributed by atoms with van der Waals surface area (Å²) >= 11 is 0. The van der Waals surface area contributed by atoms with Crippen molar-refractivity contribution >= 4 is 12.2 Å². The van der Waals surface area contributed by atoms with Crippen LogP contribution in [0.2, 0.25) is 0 Å². The van der Waals surface area contributed by atoms with Crippen LogP contribution in [0, 0.1) is 0 Å². The molecule has 1 saturated heterocycles. The first-order valence-electron chi connectivity index (χ1n) is 7.35. The van der Waals surface area contributed by atoms with Gasteiger partial charge in [-0.1, -0.05) is 18.2 Å². The van der Waals surface area contributed by atoms with E-state index in [2.05, 4.69) is 5.32 Å². The summed E-state index contributed by atoms with van der Waals surface area (Å²) < 4.78 is 10.5. The topological polar surface area (TPSA) is 67.9 Å². The highest BCUT2D eigenvalue weighted by Crippen LogP contribution is 2.16. The van der Waals surface area contributed by atoms with E-state index in [1.807, 2.05) is 26.8 Å². The molecule has 1 atom stereocenters. The van der Waals surface area contributed by atoms with E-state index in [1.165, 1.54) is 0 Å². The van der Waals surface area contributed by atoms with Gasteiger partial charge in [0.2, 0.25) is 0 Å². The summed E-state index contributed by atoms with van der Waals surface area (Å²) in [6.45, 7) is 6.47. The Labute approximate surface area is 130 Å². The lowest BCUT2D eigenvalue weighted by atomic mass is 10.2. The fourth-order valence-corrected chi connectivity index (χ4v) is 2.16. The van der Waals surface area contributed by atoms with Gasteiger partial charge >= 0.3 is 12.2 Å². The minimum Gasteiger partial charge on any atom is -0.444 e. The first-order valence-corrected chi connectivity index (χ1v) is 7.35. The average Bonchev–Trinajstić information content (AvgIpc) is 2.86. The van der Waals surface area contributed by atoms with E-state index in [-0.39, 0.29) is 12.1 Å². The van der Waals surface area contributed by atoms with Crippen molar-refractivity contribution in [1.29, 1.82) is 0 Å². The van der Waals surface area contributed by atoms with Crippen molar-refractivity contribution in [2.24, 2.45) is 0 Å². The smallest absolute Gasteiger partial charge is 0.412 e. The fourth-order valence-electron chi connectivity index (χ4n) is 2.16. The number of nitrogens with zero attached hydrogens (tertiary/aromatic N) is 1. The van der Waals surface area contributed by atoms with Crippen LogP contribution < -0.4 is 10.1 Å². The molecule has 2 amide bonds. The molecule has 1 heterocycles. The van der Waals surface area contributed by atoms with E-state index in [1.54, 1.807) is 29.2 Å². The number of para-hydroxylation sites is 1. The van der Waals surface area contributed by atoms with Gasteiger partial charge in [0.25, 0.3) is 0 Å². The van der Waals surface area contributed by atoms with Gasteiger partial charge in [-0.05, 0) is 39.3 Å². The summed E-state index contributed by atoms with van der Waals surface area (Å²) in [5.41, 5.74) is -0.519. The van der Waals surface area contributed by atoms with E-state index < -0.39 is 11.7 Å². The Bertz CT molecular complexity index is 525. The van der Waals surface area contributed by atoms with E-state index in [0.717, 1.165) is 0 Å². The van der Waals surface area contributed by atoms with Crippen molar-refractivity contribution in [3.05, 3.63) is 30.3 Å². The minimum atomic E-state index is -0.519. The third-order valence-corrected chi connectivity index (χ3v) is 3.12. The van der Waals surface area contributed by atoms with Crippen LogP contribution in [0.1, 0.15) is 27.2 Å². The number of benzene rings is 1. The van der Waals surface area contributed by atoms with Crippen LogP contribution in [0.4, 0.5) is 9.59 Å². The van der Waals surface area contributed by atoms with Gasteiger partial charge in [0.05, 0.1) is 6.04 Å². The Morgan fingerprint density at radius 1 is 1.23 bits per heavy atom. The average molecular weight is 306 g/mol. The quantitative estimate of drug-likeness (QED) is 0.912. The van der Waals surface area contributed by atoms with Gasteiger partial charge < -0.3 is 19.7 Å². The Morgan fingerprint density at radius 2 is 1.91 bits per heavy atom. The molecule has 6 heteroatoms. The Kier molecular flexibility index (Phi) is 4.90. The van der Waals surface area contributed by atoms with E-state index >= 15 is 0 Å². The number of nitrogens with one attached hydrogen (secondary N) is 1. The summed E-state index contributed by atoms with van der Waals surface area (Å²) in [5.74, 6) is 0.488. The molecule has 1 fully saturated rings. The molecule has 0 aliphatic carbocycles. The van der Waals surface area contributed by atoms with E-state index in [4.69, 9.17) is 9.47 Å². The molecular formula is C16H22N2O4. The van der Waals surface area contributed by atoms with Crippen molar-refractivity contribution in [2.75, 3.05) is 13.1 Å². The lowest BCUT2D eigenvalue weighted by molar-refractivity contribution is 0.0290. The molecule has 1 aromatic rings. The molecule has 0 unspecified atom stereocenters. The molecule has 0 saturated carbocycles. The predicted octanol–water partition coefficient (Wildman–Crippen LogP) is 2.78. The molecule has 1 aliphatic rings. The molecule has 2 rings (SSSR count). The van der Waals surface area contributed by atoms with Crippen LogP contribution in [0.25, 0.3) is 0 Å². The minimum absolute atomic E-state index is 0.122. The van der Waals surface area contributed by atoms with Crippen LogP contribution in [0.5, 0.6) is 5.75 Å². The predicted molar refractivity (Wildman–Crippen MR) is 81.8 cm³/mol. The summed E-state index contributed by atoms with van der Waals surface area (Å²) in [7, 11) is 0. The highest BCUT2D eigenvalue weighted by Gasteiger charge is 2.30. The number of rotatable bonds is 2. The lowest BCUT2D eigenvalue weighted by Gasteiger charge is -2.24. The number of carbonyl (C=O) groups is 2. The van der Waals surface area contributed by atoms with Gasteiger partial charge in [0, 0.05) is 13.1 Å². The number of likely N-dealkylation sites (tertiary alicyclic amines) is 1. The standard InChI is InChI=1S/C16H22N2O4/c1-16(2,3)22-15(20)18-10-9-12(11-18)17-14(19)21-13-7-5-4-6-8-13/h4-8,12H,9-11H2,1-3H3,(H,17,19)/t12-/m0/s1. The third kappa shape index (κ3) is 4.95. The van der Waals surface area contributed by atoms with Gasteiger partial charge in [0.15, 0.2) is 0 Å². The van der Waals surface area contributed by atoms with Gasteiger partial charge in [-0.2, -0.15) is 0 Å². The van der Waals surface area contributed by atoms with E-state index in [0.29, 0.717) is 25.3 Å². The highest BCUT2D eigenvalue weighted by molar-refractivity contribution is 5.71. The number of hydrogen-bond acceptors (Lipinski definition) is 4. The molecule has 0 radical (unpaired) electrons. The zero-order valence-electron chi connectivity index (χ0n) is 13.2. The van der Waals surface area contributed by atoms with Crippen molar-refractivity contribution in [2.45, 2.75) is 38.8 Å². The molecule has 1 N–H and O–H groups in total. The molecule has 120 valence electrons. The molecule has 22 heavy (non-hydrogen) atoms. The van der Waals surface area contributed by atoms with Crippen LogP contribution in [-0.2, 0) is 4.74 Å². The molecule has 0 aromatic heterocycles. The Balaban J connectivity index is 1.79. The Morgan fingerprint density at radius 3 is 2.55 bits per heavy atom. The van der Waals surface area contributed by atoms with Crippen molar-refractivity contribution in [1.82, 2.24) is 10.2 Å². The van der Waals surface area contributed by atoms with Gasteiger partial charge in [-0.3, -0.25) is 0 Å². The normalized spacial score (nSPS) is 18.0. The second-order valence-electron chi connectivity index (χ2n) is 6.26. The monoisotopic (exact) mass is 306 g/mol. The zero-order chi connectivity index (χ0) is 16.2. The summed E-state index contributed by atoms with van der Waals surface area (Å²) in [4.78, 5) is 25.3. The third-order valence-electron chi connectivity index (χ3n) is 3.12. The summed E-state index contributed by atoms with van der Waals surface area (Å²) in [6, 6.07) is 8.73. The first kappa shape index (κ1) is 16.1. The van der Waals surface area contributed by atoms with Crippen LogP contribution in [0.15, 0.2) is 30.3 Å². The van der Waals surface area contributed by atoms with Gasteiger partial charge in [0.1, 0.15) is 11.4 Å². The Hall–Kier alpha value is -2.24. The number of carbonyl (C=O) groups excluding carboxylic acids is 2. The fraction of sp³-hybridized carbons (Fsp3) is 0.500. The molecule has 0 spiro atoms.